The van der Waals surface area contributed by atoms with Crippen LogP contribution in [-0.2, 0) is 0 Å². The van der Waals surface area contributed by atoms with E-state index in [2.05, 4.69) is 20.9 Å². The summed E-state index contributed by atoms with van der Waals surface area (Å²) in [5, 5.41) is 0.527. The Balaban J connectivity index is 2.72. The van der Waals surface area contributed by atoms with Crippen LogP contribution in [0.4, 0.5) is 0 Å². The molecular formula is C14H14BrNO2. The molecule has 0 bridgehead atoms. The smallest absolute Gasteiger partial charge is 0.200 e. The van der Waals surface area contributed by atoms with Gasteiger partial charge in [-0.05, 0) is 18.2 Å². The average molecular weight is 308 g/mol. The Morgan fingerprint density at radius 3 is 2.56 bits per heavy atom. The fourth-order valence-corrected chi connectivity index (χ4v) is 2.12. The number of nitrogens with one attached hydrogen (secondary N) is 1. The molecule has 4 heteroatoms. The molecule has 0 aliphatic heterocycles. The lowest BCUT2D eigenvalue weighted by Gasteiger charge is -2.16. The second-order valence-electron chi connectivity index (χ2n) is 5.30. The van der Waals surface area contributed by atoms with E-state index in [1.165, 1.54) is 6.20 Å². The molecule has 1 N–H and O–H groups in total. The number of fused-ring (bicyclic) bond motifs is 1. The Labute approximate surface area is 113 Å². The van der Waals surface area contributed by atoms with Crippen molar-refractivity contribution in [2.45, 2.75) is 20.8 Å². The standard InChI is InChI=1S/C14H14BrNO2/c1-14(2,3)13(18)10-7-16-11-5-4-8(15)6-9(11)12(10)17/h4-7H,1-3H3,(H,16,17). The van der Waals surface area contributed by atoms with Gasteiger partial charge in [0.15, 0.2) is 11.2 Å². The van der Waals surface area contributed by atoms with Crippen molar-refractivity contribution in [3.63, 3.8) is 0 Å². The summed E-state index contributed by atoms with van der Waals surface area (Å²) in [6, 6.07) is 5.39. The van der Waals surface area contributed by atoms with E-state index in [-0.39, 0.29) is 16.8 Å². The molecule has 0 aliphatic carbocycles. The van der Waals surface area contributed by atoms with Gasteiger partial charge >= 0.3 is 0 Å². The number of hydrogen-bond acceptors (Lipinski definition) is 2. The molecule has 94 valence electrons. The van der Waals surface area contributed by atoms with Crippen molar-refractivity contribution in [2.24, 2.45) is 5.41 Å². The number of benzene rings is 1. The third-order valence-corrected chi connectivity index (χ3v) is 3.26. The zero-order chi connectivity index (χ0) is 13.5. The molecule has 0 fully saturated rings. The van der Waals surface area contributed by atoms with E-state index in [1.807, 2.05) is 12.1 Å². The van der Waals surface area contributed by atoms with Gasteiger partial charge < -0.3 is 4.98 Å². The third-order valence-electron chi connectivity index (χ3n) is 2.77. The van der Waals surface area contributed by atoms with Gasteiger partial charge in [0.05, 0.1) is 5.56 Å². The van der Waals surface area contributed by atoms with Gasteiger partial charge in [-0.1, -0.05) is 36.7 Å². The van der Waals surface area contributed by atoms with Crippen molar-refractivity contribution >= 4 is 32.6 Å². The summed E-state index contributed by atoms with van der Waals surface area (Å²) in [6.07, 6.45) is 1.51. The summed E-state index contributed by atoms with van der Waals surface area (Å²) in [7, 11) is 0. The van der Waals surface area contributed by atoms with Crippen LogP contribution in [0.25, 0.3) is 10.9 Å². The second kappa shape index (κ2) is 4.35. The van der Waals surface area contributed by atoms with E-state index in [1.54, 1.807) is 26.8 Å². The number of hydrogen-bond donors (Lipinski definition) is 1. The molecule has 1 aromatic heterocycles. The Kier molecular flexibility index (Phi) is 3.15. The number of H-pyrrole nitrogens is 1. The molecule has 0 saturated heterocycles. The maximum absolute atomic E-state index is 12.3. The number of ketones is 1. The lowest BCUT2D eigenvalue weighted by Crippen LogP contribution is -2.26. The maximum Gasteiger partial charge on any atom is 0.200 e. The van der Waals surface area contributed by atoms with Crippen LogP contribution < -0.4 is 5.43 Å². The van der Waals surface area contributed by atoms with Crippen molar-refractivity contribution in [2.75, 3.05) is 0 Å². The normalized spacial score (nSPS) is 11.8. The van der Waals surface area contributed by atoms with Crippen LogP contribution in [-0.4, -0.2) is 10.8 Å². The van der Waals surface area contributed by atoms with Crippen molar-refractivity contribution in [1.82, 2.24) is 4.98 Å². The molecule has 2 aromatic rings. The van der Waals surface area contributed by atoms with Gasteiger partial charge in [-0.3, -0.25) is 9.59 Å². The number of carbonyl (C=O) groups excluding carboxylic acids is 1. The third kappa shape index (κ3) is 2.25. The Morgan fingerprint density at radius 1 is 1.28 bits per heavy atom. The first kappa shape index (κ1) is 13.0. The van der Waals surface area contributed by atoms with Crippen molar-refractivity contribution in [3.05, 3.63) is 44.7 Å². The first-order chi connectivity index (χ1) is 8.30. The Hall–Kier alpha value is -1.42. The van der Waals surface area contributed by atoms with E-state index < -0.39 is 5.41 Å². The molecule has 2 rings (SSSR count). The van der Waals surface area contributed by atoms with Crippen LogP contribution in [0.1, 0.15) is 31.1 Å². The fourth-order valence-electron chi connectivity index (χ4n) is 1.76. The van der Waals surface area contributed by atoms with Gasteiger partial charge in [0.2, 0.25) is 0 Å². The largest absolute Gasteiger partial charge is 0.360 e. The van der Waals surface area contributed by atoms with Gasteiger partial charge in [-0.2, -0.15) is 0 Å². The van der Waals surface area contributed by atoms with Gasteiger partial charge in [0.25, 0.3) is 0 Å². The minimum absolute atomic E-state index is 0.148. The monoisotopic (exact) mass is 307 g/mol. The molecule has 0 radical (unpaired) electrons. The molecule has 18 heavy (non-hydrogen) atoms. The molecule has 1 aromatic carbocycles. The minimum atomic E-state index is -0.563. The van der Waals surface area contributed by atoms with Gasteiger partial charge in [0, 0.05) is 27.0 Å². The van der Waals surface area contributed by atoms with E-state index in [0.29, 0.717) is 5.39 Å². The topological polar surface area (TPSA) is 49.9 Å². The number of carbonyl (C=O) groups is 1. The molecule has 0 atom stereocenters. The summed E-state index contributed by atoms with van der Waals surface area (Å²) in [5.41, 5.74) is 0.166. The number of Topliss-reactive ketones (excluding diaryl/α,β-unsaturated/α-hetero) is 1. The van der Waals surface area contributed by atoms with Crippen LogP contribution in [0.3, 0.4) is 0 Å². The second-order valence-corrected chi connectivity index (χ2v) is 6.22. The summed E-state index contributed by atoms with van der Waals surface area (Å²) >= 11 is 3.33. The molecule has 1 heterocycles. The molecule has 0 unspecified atom stereocenters. The molecule has 0 amide bonds. The summed E-state index contributed by atoms with van der Waals surface area (Å²) in [5.74, 6) is -0.148. The van der Waals surface area contributed by atoms with Crippen molar-refractivity contribution in [1.29, 1.82) is 0 Å². The Bertz CT molecular complexity index is 680. The average Bonchev–Trinajstić information content (AvgIpc) is 2.28. The van der Waals surface area contributed by atoms with Gasteiger partial charge in [0.1, 0.15) is 0 Å². The SMILES string of the molecule is CC(C)(C)C(=O)c1c[nH]c2ccc(Br)cc2c1=O. The number of pyridine rings is 1. The summed E-state index contributed by atoms with van der Waals surface area (Å²) < 4.78 is 0.820. The van der Waals surface area contributed by atoms with E-state index in [0.717, 1.165) is 9.99 Å². The maximum atomic E-state index is 12.3. The van der Waals surface area contributed by atoms with E-state index in [9.17, 15) is 9.59 Å². The zero-order valence-electron chi connectivity index (χ0n) is 10.5. The quantitative estimate of drug-likeness (QED) is 0.820. The molecule has 0 spiro atoms. The number of rotatable bonds is 1. The van der Waals surface area contributed by atoms with E-state index >= 15 is 0 Å². The fraction of sp³-hybridized carbons (Fsp3) is 0.286. The van der Waals surface area contributed by atoms with E-state index in [4.69, 9.17) is 0 Å². The summed E-state index contributed by atoms with van der Waals surface area (Å²) in [4.78, 5) is 27.5. The minimum Gasteiger partial charge on any atom is -0.360 e. The highest BCUT2D eigenvalue weighted by Crippen LogP contribution is 2.21. The number of aromatic nitrogens is 1. The van der Waals surface area contributed by atoms with Crippen molar-refractivity contribution in [3.8, 4) is 0 Å². The first-order valence-electron chi connectivity index (χ1n) is 5.66. The van der Waals surface area contributed by atoms with Gasteiger partial charge in [-0.15, -0.1) is 0 Å². The first-order valence-corrected chi connectivity index (χ1v) is 6.46. The zero-order valence-corrected chi connectivity index (χ0v) is 12.1. The molecule has 0 saturated carbocycles. The van der Waals surface area contributed by atoms with Crippen LogP contribution in [0.5, 0.6) is 0 Å². The van der Waals surface area contributed by atoms with Crippen LogP contribution in [0.15, 0.2) is 33.7 Å². The van der Waals surface area contributed by atoms with Crippen LogP contribution >= 0.6 is 15.9 Å². The lowest BCUT2D eigenvalue weighted by atomic mass is 9.86. The Morgan fingerprint density at radius 2 is 1.94 bits per heavy atom. The molecule has 3 nitrogen and oxygen atoms in total. The number of aromatic amines is 1. The molecular weight excluding hydrogens is 294 g/mol. The predicted octanol–water partition coefficient (Wildman–Crippen LogP) is 3.52. The number of halogens is 1. The molecule has 0 aliphatic rings. The van der Waals surface area contributed by atoms with Crippen LogP contribution in [0, 0.1) is 5.41 Å². The van der Waals surface area contributed by atoms with Crippen LogP contribution in [0.2, 0.25) is 0 Å². The summed E-state index contributed by atoms with van der Waals surface area (Å²) in [6.45, 7) is 5.42. The predicted molar refractivity (Wildman–Crippen MR) is 76.1 cm³/mol. The highest BCUT2D eigenvalue weighted by atomic mass is 79.9. The lowest BCUT2D eigenvalue weighted by molar-refractivity contribution is 0.0857. The highest BCUT2D eigenvalue weighted by Gasteiger charge is 2.25. The highest BCUT2D eigenvalue weighted by molar-refractivity contribution is 9.10. The van der Waals surface area contributed by atoms with Gasteiger partial charge in [-0.25, -0.2) is 0 Å². The van der Waals surface area contributed by atoms with Crippen molar-refractivity contribution < 1.29 is 4.79 Å².